The fraction of sp³-hybridized carbons (Fsp3) is 0.632. The number of nitrogens with zero attached hydrogens (tertiary/aromatic N) is 2. The van der Waals surface area contributed by atoms with Crippen LogP contribution in [0.3, 0.4) is 0 Å². The van der Waals surface area contributed by atoms with E-state index in [1.807, 2.05) is 4.90 Å². The average Bonchev–Trinajstić information content (AvgIpc) is 3.24. The Bertz CT molecular complexity index is 839. The molecule has 8 heteroatoms. The molecule has 5 nitrogen and oxygen atoms in total. The van der Waals surface area contributed by atoms with Gasteiger partial charge in [0, 0.05) is 37.1 Å². The standard InChI is InChI=1S/C19H24BrClN2O3S/c20-16-3-4-18(17(21)12-16)27(25,26)23-7-5-22(6-8-23)19(24)11-15-10-13-1-2-14(15)9-13/h3-4,12-15H,1-2,5-11H2. The summed E-state index contributed by atoms with van der Waals surface area (Å²) >= 11 is 9.43. The van der Waals surface area contributed by atoms with Gasteiger partial charge in [-0.2, -0.15) is 4.31 Å². The van der Waals surface area contributed by atoms with E-state index in [1.165, 1.54) is 36.1 Å². The molecule has 0 N–H and O–H groups in total. The molecular weight excluding hydrogens is 452 g/mol. The van der Waals surface area contributed by atoms with Gasteiger partial charge in [-0.1, -0.05) is 34.0 Å². The molecule has 4 rings (SSSR count). The van der Waals surface area contributed by atoms with E-state index >= 15 is 0 Å². The van der Waals surface area contributed by atoms with E-state index in [0.717, 1.165) is 16.3 Å². The van der Waals surface area contributed by atoms with Crippen LogP contribution in [0.25, 0.3) is 0 Å². The minimum atomic E-state index is -3.65. The van der Waals surface area contributed by atoms with Gasteiger partial charge in [-0.25, -0.2) is 8.42 Å². The zero-order valence-corrected chi connectivity index (χ0v) is 18.3. The first kappa shape index (κ1) is 19.7. The van der Waals surface area contributed by atoms with Crippen LogP contribution in [0.1, 0.15) is 32.1 Å². The first-order valence-corrected chi connectivity index (χ1v) is 12.2. The fourth-order valence-corrected chi connectivity index (χ4v) is 7.41. The lowest BCUT2D eigenvalue weighted by molar-refractivity contribution is -0.133. The first-order valence-electron chi connectivity index (χ1n) is 9.57. The summed E-state index contributed by atoms with van der Waals surface area (Å²) in [5.74, 6) is 2.30. The highest BCUT2D eigenvalue weighted by atomic mass is 79.9. The Morgan fingerprint density at radius 2 is 1.89 bits per heavy atom. The molecule has 2 aliphatic carbocycles. The molecule has 2 bridgehead atoms. The molecule has 0 spiro atoms. The van der Waals surface area contributed by atoms with Gasteiger partial charge in [-0.3, -0.25) is 4.79 Å². The van der Waals surface area contributed by atoms with Crippen LogP contribution < -0.4 is 0 Å². The average molecular weight is 476 g/mol. The van der Waals surface area contributed by atoms with Crippen LogP contribution in [0.5, 0.6) is 0 Å². The Balaban J connectivity index is 1.36. The smallest absolute Gasteiger partial charge is 0.244 e. The Morgan fingerprint density at radius 1 is 1.15 bits per heavy atom. The SMILES string of the molecule is O=C(CC1CC2CCC1C2)N1CCN(S(=O)(=O)c2ccc(Br)cc2Cl)CC1. The summed E-state index contributed by atoms with van der Waals surface area (Å²) < 4.78 is 27.9. The van der Waals surface area contributed by atoms with Crippen molar-refractivity contribution in [2.24, 2.45) is 17.8 Å². The van der Waals surface area contributed by atoms with E-state index in [-0.39, 0.29) is 15.8 Å². The maximum atomic E-state index is 12.9. The Kier molecular flexibility index (Phi) is 5.58. The number of hydrogen-bond donors (Lipinski definition) is 0. The number of carbonyl (C=O) groups is 1. The molecule has 3 aliphatic rings. The van der Waals surface area contributed by atoms with E-state index in [4.69, 9.17) is 11.6 Å². The number of carbonyl (C=O) groups excluding carboxylic acids is 1. The van der Waals surface area contributed by atoms with E-state index in [0.29, 0.717) is 38.5 Å². The minimum Gasteiger partial charge on any atom is -0.340 e. The van der Waals surface area contributed by atoms with Gasteiger partial charge in [-0.05, 0) is 55.2 Å². The molecule has 3 fully saturated rings. The Hall–Kier alpha value is -0.630. The van der Waals surface area contributed by atoms with Gasteiger partial charge in [0.15, 0.2) is 0 Å². The molecule has 0 aromatic heterocycles. The number of halogens is 2. The fourth-order valence-electron chi connectivity index (χ4n) is 4.98. The van der Waals surface area contributed by atoms with Gasteiger partial charge in [0.2, 0.25) is 15.9 Å². The molecule has 1 aliphatic heterocycles. The number of piperazine rings is 1. The van der Waals surface area contributed by atoms with Crippen molar-refractivity contribution < 1.29 is 13.2 Å². The molecule has 1 aromatic carbocycles. The second-order valence-corrected chi connectivity index (χ2v) is 11.2. The molecule has 3 unspecified atom stereocenters. The highest BCUT2D eigenvalue weighted by Crippen LogP contribution is 2.49. The van der Waals surface area contributed by atoms with Crippen molar-refractivity contribution >= 4 is 43.5 Å². The number of hydrogen-bond acceptors (Lipinski definition) is 3. The van der Waals surface area contributed by atoms with Crippen LogP contribution >= 0.6 is 27.5 Å². The minimum absolute atomic E-state index is 0.120. The molecule has 148 valence electrons. The van der Waals surface area contributed by atoms with Crippen molar-refractivity contribution in [1.29, 1.82) is 0 Å². The number of amides is 1. The quantitative estimate of drug-likeness (QED) is 0.666. The van der Waals surface area contributed by atoms with E-state index in [2.05, 4.69) is 15.9 Å². The second-order valence-electron chi connectivity index (χ2n) is 8.00. The summed E-state index contributed by atoms with van der Waals surface area (Å²) in [6.45, 7) is 1.54. The van der Waals surface area contributed by atoms with Gasteiger partial charge in [0.25, 0.3) is 0 Å². The van der Waals surface area contributed by atoms with Gasteiger partial charge in [0.1, 0.15) is 4.90 Å². The zero-order chi connectivity index (χ0) is 19.2. The lowest BCUT2D eigenvalue weighted by Crippen LogP contribution is -2.50. The monoisotopic (exact) mass is 474 g/mol. The molecule has 27 heavy (non-hydrogen) atoms. The van der Waals surface area contributed by atoms with Crippen LogP contribution in [-0.2, 0) is 14.8 Å². The lowest BCUT2D eigenvalue weighted by Gasteiger charge is -2.35. The Morgan fingerprint density at radius 3 is 2.48 bits per heavy atom. The van der Waals surface area contributed by atoms with Gasteiger partial charge < -0.3 is 4.90 Å². The predicted molar refractivity (Wildman–Crippen MR) is 108 cm³/mol. The summed E-state index contributed by atoms with van der Waals surface area (Å²) in [7, 11) is -3.65. The largest absolute Gasteiger partial charge is 0.340 e. The maximum absolute atomic E-state index is 12.9. The zero-order valence-electron chi connectivity index (χ0n) is 15.1. The Labute approximate surface area is 174 Å². The molecule has 1 saturated heterocycles. The van der Waals surface area contributed by atoms with Gasteiger partial charge in [0.05, 0.1) is 5.02 Å². The summed E-state index contributed by atoms with van der Waals surface area (Å²) in [6, 6.07) is 4.78. The summed E-state index contributed by atoms with van der Waals surface area (Å²) in [4.78, 5) is 14.6. The molecule has 1 heterocycles. The van der Waals surface area contributed by atoms with Crippen molar-refractivity contribution in [3.8, 4) is 0 Å². The maximum Gasteiger partial charge on any atom is 0.244 e. The summed E-state index contributed by atoms with van der Waals surface area (Å²) in [5.41, 5.74) is 0. The van der Waals surface area contributed by atoms with Crippen LogP contribution in [0.2, 0.25) is 5.02 Å². The number of sulfonamides is 1. The molecule has 1 aromatic rings. The van der Waals surface area contributed by atoms with Crippen molar-refractivity contribution in [1.82, 2.24) is 9.21 Å². The number of fused-ring (bicyclic) bond motifs is 2. The van der Waals surface area contributed by atoms with Crippen LogP contribution in [0.4, 0.5) is 0 Å². The van der Waals surface area contributed by atoms with Crippen molar-refractivity contribution in [3.05, 3.63) is 27.7 Å². The molecule has 3 atom stereocenters. The summed E-state index contributed by atoms with van der Waals surface area (Å²) in [5, 5.41) is 0.208. The van der Waals surface area contributed by atoms with Gasteiger partial charge >= 0.3 is 0 Å². The van der Waals surface area contributed by atoms with Gasteiger partial charge in [-0.15, -0.1) is 0 Å². The number of benzene rings is 1. The van der Waals surface area contributed by atoms with Crippen molar-refractivity contribution in [2.45, 2.75) is 37.0 Å². The number of rotatable bonds is 4. The highest BCUT2D eigenvalue weighted by Gasteiger charge is 2.41. The third kappa shape index (κ3) is 3.93. The second kappa shape index (κ2) is 7.65. The molecular formula is C19H24BrClN2O3S. The van der Waals surface area contributed by atoms with E-state index < -0.39 is 10.0 Å². The highest BCUT2D eigenvalue weighted by molar-refractivity contribution is 9.10. The van der Waals surface area contributed by atoms with Crippen molar-refractivity contribution in [2.75, 3.05) is 26.2 Å². The normalized spacial score (nSPS) is 28.7. The van der Waals surface area contributed by atoms with Crippen LogP contribution in [0, 0.1) is 17.8 Å². The third-order valence-corrected chi connectivity index (χ3v) is 9.30. The lowest BCUT2D eigenvalue weighted by atomic mass is 9.86. The van der Waals surface area contributed by atoms with Crippen molar-refractivity contribution in [3.63, 3.8) is 0 Å². The van der Waals surface area contributed by atoms with Crippen LogP contribution in [-0.4, -0.2) is 49.7 Å². The molecule has 0 radical (unpaired) electrons. The summed E-state index contributed by atoms with van der Waals surface area (Å²) in [6.07, 6.45) is 5.75. The molecule has 2 saturated carbocycles. The first-order chi connectivity index (χ1) is 12.8. The van der Waals surface area contributed by atoms with Crippen LogP contribution in [0.15, 0.2) is 27.6 Å². The molecule has 1 amide bonds. The third-order valence-electron chi connectivity index (χ3n) is 6.42. The topological polar surface area (TPSA) is 57.7 Å². The predicted octanol–water partition coefficient (Wildman–Crippen LogP) is 3.76. The van der Waals surface area contributed by atoms with E-state index in [9.17, 15) is 13.2 Å². The van der Waals surface area contributed by atoms with E-state index in [1.54, 1.807) is 12.1 Å².